The monoisotopic (exact) mass is 297 g/mol. The minimum Gasteiger partial charge on any atom is -0.281 e. The normalized spacial score (nSPS) is 11.3. The molecule has 0 saturated heterocycles. The lowest BCUT2D eigenvalue weighted by Crippen LogP contribution is -2.18. The van der Waals surface area contributed by atoms with Crippen LogP contribution < -0.4 is 4.72 Å². The molecule has 4 nitrogen and oxygen atoms in total. The van der Waals surface area contributed by atoms with E-state index in [4.69, 9.17) is 11.6 Å². The van der Waals surface area contributed by atoms with Crippen molar-refractivity contribution in [3.8, 4) is 0 Å². The summed E-state index contributed by atoms with van der Waals surface area (Å²) in [6.45, 7) is 1.63. The zero-order valence-electron chi connectivity index (χ0n) is 9.34. The summed E-state index contributed by atoms with van der Waals surface area (Å²) in [5.74, 6) is -2.69. The topological polar surface area (TPSA) is 63.2 Å². The van der Waals surface area contributed by atoms with Crippen molar-refractivity contribution in [2.75, 3.05) is 10.5 Å². The van der Waals surface area contributed by atoms with Gasteiger partial charge in [0.2, 0.25) is 10.0 Å². The second-order valence-electron chi connectivity index (χ2n) is 3.48. The Bertz CT molecular complexity index is 575. The quantitative estimate of drug-likeness (QED) is 0.849. The summed E-state index contributed by atoms with van der Waals surface area (Å²) < 4.78 is 51.6. The summed E-state index contributed by atoms with van der Waals surface area (Å²) in [6.07, 6.45) is 0.333. The van der Waals surface area contributed by atoms with Gasteiger partial charge in [-0.2, -0.15) is 0 Å². The fourth-order valence-electron chi connectivity index (χ4n) is 1.30. The number of nitrogens with one attached hydrogen (secondary N) is 1. The molecule has 0 amide bonds. The maximum atomic E-state index is 13.7. The van der Waals surface area contributed by atoms with Crippen LogP contribution in [0.25, 0.3) is 0 Å². The number of sulfonamides is 1. The van der Waals surface area contributed by atoms with Crippen molar-refractivity contribution >= 4 is 32.6 Å². The standard InChI is InChI=1S/C10H10ClF2NO3S/c1-2-5-18(16,17)14-7-4-3-6(12)8(9(7)13)10(11)15/h3-4,14H,2,5H2,1H3. The number of anilines is 1. The van der Waals surface area contributed by atoms with Crippen LogP contribution in [-0.4, -0.2) is 19.4 Å². The molecule has 0 fully saturated rings. The molecule has 0 heterocycles. The number of rotatable bonds is 5. The zero-order valence-corrected chi connectivity index (χ0v) is 10.9. The Hall–Kier alpha value is -1.21. The molecule has 1 aromatic rings. The van der Waals surface area contributed by atoms with E-state index in [2.05, 4.69) is 0 Å². The molecule has 0 aliphatic carbocycles. The van der Waals surface area contributed by atoms with E-state index in [1.807, 2.05) is 4.72 Å². The van der Waals surface area contributed by atoms with Gasteiger partial charge in [0.1, 0.15) is 11.4 Å². The Morgan fingerprint density at radius 1 is 1.39 bits per heavy atom. The molecular formula is C10H10ClF2NO3S. The van der Waals surface area contributed by atoms with E-state index in [1.54, 1.807) is 6.92 Å². The van der Waals surface area contributed by atoms with Gasteiger partial charge in [0, 0.05) is 0 Å². The SMILES string of the molecule is CCCS(=O)(=O)Nc1ccc(F)c(C(=O)Cl)c1F. The molecule has 0 aliphatic heterocycles. The van der Waals surface area contributed by atoms with Crippen LogP contribution in [0.1, 0.15) is 23.7 Å². The predicted octanol–water partition coefficient (Wildman–Crippen LogP) is 2.50. The molecule has 0 radical (unpaired) electrons. The van der Waals surface area contributed by atoms with Gasteiger partial charge in [-0.25, -0.2) is 17.2 Å². The van der Waals surface area contributed by atoms with Crippen LogP contribution in [0.3, 0.4) is 0 Å². The molecule has 0 aliphatic rings. The molecule has 1 rings (SSSR count). The van der Waals surface area contributed by atoms with E-state index in [0.717, 1.165) is 12.1 Å². The molecule has 0 atom stereocenters. The molecule has 0 unspecified atom stereocenters. The minimum absolute atomic E-state index is 0.214. The van der Waals surface area contributed by atoms with Crippen LogP contribution in [0.5, 0.6) is 0 Å². The summed E-state index contributed by atoms with van der Waals surface area (Å²) >= 11 is 5.02. The van der Waals surface area contributed by atoms with Gasteiger partial charge in [-0.3, -0.25) is 9.52 Å². The van der Waals surface area contributed by atoms with Gasteiger partial charge in [-0.15, -0.1) is 0 Å². The van der Waals surface area contributed by atoms with Crippen molar-refractivity contribution in [1.82, 2.24) is 0 Å². The van der Waals surface area contributed by atoms with Crippen LogP contribution in [0, 0.1) is 11.6 Å². The van der Waals surface area contributed by atoms with Crippen molar-refractivity contribution in [1.29, 1.82) is 0 Å². The first-order valence-corrected chi connectivity index (χ1v) is 7.00. The highest BCUT2D eigenvalue weighted by Gasteiger charge is 2.21. The number of benzene rings is 1. The Morgan fingerprint density at radius 2 is 2.00 bits per heavy atom. The van der Waals surface area contributed by atoms with Gasteiger partial charge >= 0.3 is 0 Å². The van der Waals surface area contributed by atoms with Crippen molar-refractivity contribution in [3.05, 3.63) is 29.3 Å². The lowest BCUT2D eigenvalue weighted by molar-refractivity contribution is 0.107. The number of hydrogen-bond acceptors (Lipinski definition) is 3. The van der Waals surface area contributed by atoms with E-state index in [1.165, 1.54) is 0 Å². The van der Waals surface area contributed by atoms with Gasteiger partial charge in [0.05, 0.1) is 11.4 Å². The minimum atomic E-state index is -3.73. The highest BCUT2D eigenvalue weighted by molar-refractivity contribution is 7.92. The van der Waals surface area contributed by atoms with Crippen molar-refractivity contribution in [2.45, 2.75) is 13.3 Å². The molecule has 0 aromatic heterocycles. The second kappa shape index (κ2) is 5.62. The summed E-state index contributed by atoms with van der Waals surface area (Å²) in [5.41, 5.74) is -1.48. The Morgan fingerprint density at radius 3 is 2.50 bits per heavy atom. The van der Waals surface area contributed by atoms with Crippen LogP contribution >= 0.6 is 11.6 Å². The lowest BCUT2D eigenvalue weighted by Gasteiger charge is -2.09. The van der Waals surface area contributed by atoms with E-state index < -0.39 is 38.2 Å². The smallest absolute Gasteiger partial charge is 0.258 e. The Balaban J connectivity index is 3.21. The first kappa shape index (κ1) is 14.8. The van der Waals surface area contributed by atoms with Crippen molar-refractivity contribution < 1.29 is 22.0 Å². The van der Waals surface area contributed by atoms with Crippen LogP contribution in [0.4, 0.5) is 14.5 Å². The van der Waals surface area contributed by atoms with E-state index in [0.29, 0.717) is 6.42 Å². The van der Waals surface area contributed by atoms with E-state index >= 15 is 0 Å². The summed E-state index contributed by atoms with van der Waals surface area (Å²) in [5, 5.41) is -1.33. The molecule has 0 saturated carbocycles. The maximum Gasteiger partial charge on any atom is 0.258 e. The lowest BCUT2D eigenvalue weighted by atomic mass is 10.2. The van der Waals surface area contributed by atoms with E-state index in [9.17, 15) is 22.0 Å². The third kappa shape index (κ3) is 3.39. The average molecular weight is 298 g/mol. The second-order valence-corrected chi connectivity index (χ2v) is 5.66. The van der Waals surface area contributed by atoms with Gasteiger partial charge in [0.15, 0.2) is 5.82 Å². The van der Waals surface area contributed by atoms with Crippen molar-refractivity contribution in [2.24, 2.45) is 0 Å². The number of carbonyl (C=O) groups excluding carboxylic acids is 1. The molecular weight excluding hydrogens is 288 g/mol. The van der Waals surface area contributed by atoms with Gasteiger partial charge < -0.3 is 0 Å². The van der Waals surface area contributed by atoms with Crippen LogP contribution in [0.2, 0.25) is 0 Å². The predicted molar refractivity (Wildman–Crippen MR) is 64.2 cm³/mol. The zero-order chi connectivity index (χ0) is 13.9. The first-order valence-electron chi connectivity index (χ1n) is 4.96. The highest BCUT2D eigenvalue weighted by Crippen LogP contribution is 2.23. The fraction of sp³-hybridized carbons (Fsp3) is 0.300. The molecule has 0 spiro atoms. The number of halogens is 3. The van der Waals surface area contributed by atoms with Crippen LogP contribution in [-0.2, 0) is 10.0 Å². The maximum absolute atomic E-state index is 13.7. The molecule has 100 valence electrons. The van der Waals surface area contributed by atoms with E-state index in [-0.39, 0.29) is 5.75 Å². The molecule has 1 N–H and O–H groups in total. The van der Waals surface area contributed by atoms with Gasteiger partial charge in [-0.05, 0) is 30.2 Å². The molecule has 8 heteroatoms. The summed E-state index contributed by atoms with van der Waals surface area (Å²) in [7, 11) is -3.73. The number of hydrogen-bond donors (Lipinski definition) is 1. The molecule has 0 bridgehead atoms. The average Bonchev–Trinajstić information content (AvgIpc) is 2.21. The number of carbonyl (C=O) groups is 1. The Kier molecular flexibility index (Phi) is 4.64. The highest BCUT2D eigenvalue weighted by atomic mass is 35.5. The Labute approximate surface area is 108 Å². The first-order chi connectivity index (χ1) is 8.28. The van der Waals surface area contributed by atoms with Gasteiger partial charge in [-0.1, -0.05) is 6.92 Å². The summed E-state index contributed by atoms with van der Waals surface area (Å²) in [4.78, 5) is 10.8. The van der Waals surface area contributed by atoms with Crippen LogP contribution in [0.15, 0.2) is 12.1 Å². The largest absolute Gasteiger partial charge is 0.281 e. The third-order valence-electron chi connectivity index (χ3n) is 2.03. The van der Waals surface area contributed by atoms with Crippen molar-refractivity contribution in [3.63, 3.8) is 0 Å². The third-order valence-corrected chi connectivity index (χ3v) is 3.69. The fourth-order valence-corrected chi connectivity index (χ4v) is 2.60. The molecule has 18 heavy (non-hydrogen) atoms. The van der Waals surface area contributed by atoms with Gasteiger partial charge in [0.25, 0.3) is 5.24 Å². The summed E-state index contributed by atoms with van der Waals surface area (Å²) in [6, 6.07) is 1.66. The molecule has 1 aromatic carbocycles.